The summed E-state index contributed by atoms with van der Waals surface area (Å²) >= 11 is 1.56. The van der Waals surface area contributed by atoms with Crippen LogP contribution in [0.2, 0.25) is 0 Å². The van der Waals surface area contributed by atoms with Crippen molar-refractivity contribution < 1.29 is 19.1 Å². The van der Waals surface area contributed by atoms with E-state index >= 15 is 0 Å². The molecular formula is C31H42N6O5S. The van der Waals surface area contributed by atoms with Gasteiger partial charge in [-0.2, -0.15) is 0 Å². The fourth-order valence-corrected chi connectivity index (χ4v) is 6.55. The van der Waals surface area contributed by atoms with Crippen LogP contribution in [0.3, 0.4) is 0 Å². The van der Waals surface area contributed by atoms with Gasteiger partial charge in [-0.25, -0.2) is 9.78 Å². The lowest BCUT2D eigenvalue weighted by Gasteiger charge is -2.42. The first kappa shape index (κ1) is 30.8. The normalized spacial score (nSPS) is 17.0. The zero-order valence-electron chi connectivity index (χ0n) is 25.9. The number of likely N-dealkylation sites (tertiary alicyclic amines) is 1. The SMILES string of the molecule is CC(C)Oc1cc2nc(N3CCN(C4CCN(C(=O)OC(C)(C)C)CC4)CC3)sc2cc1C(=O)Nc1cccn(C)c1=O. The quantitative estimate of drug-likeness (QED) is 0.433. The summed E-state index contributed by atoms with van der Waals surface area (Å²) < 4.78 is 13.9. The van der Waals surface area contributed by atoms with Crippen LogP contribution in [-0.4, -0.2) is 88.4 Å². The number of pyridine rings is 1. The Morgan fingerprint density at radius 3 is 2.42 bits per heavy atom. The Bertz CT molecular complexity index is 1530. The molecule has 4 heterocycles. The number of piperazine rings is 1. The van der Waals surface area contributed by atoms with Gasteiger partial charge in [-0.15, -0.1) is 0 Å². The molecule has 0 aliphatic carbocycles. The summed E-state index contributed by atoms with van der Waals surface area (Å²) in [6.07, 6.45) is 3.16. The molecule has 0 radical (unpaired) electrons. The van der Waals surface area contributed by atoms with Gasteiger partial charge in [-0.3, -0.25) is 14.5 Å². The van der Waals surface area contributed by atoms with E-state index in [1.165, 1.54) is 4.57 Å². The molecule has 1 N–H and O–H groups in total. The van der Waals surface area contributed by atoms with Crippen LogP contribution in [0.1, 0.15) is 57.8 Å². The number of amides is 2. The highest BCUT2D eigenvalue weighted by Gasteiger charge is 2.31. The van der Waals surface area contributed by atoms with Crippen molar-refractivity contribution in [2.45, 2.75) is 65.2 Å². The Hall–Kier alpha value is -3.64. The molecule has 0 spiro atoms. The van der Waals surface area contributed by atoms with Crippen LogP contribution >= 0.6 is 11.3 Å². The summed E-state index contributed by atoms with van der Waals surface area (Å²) in [4.78, 5) is 49.8. The van der Waals surface area contributed by atoms with E-state index in [4.69, 9.17) is 14.5 Å². The van der Waals surface area contributed by atoms with Gasteiger partial charge in [0.1, 0.15) is 17.0 Å². The lowest BCUT2D eigenvalue weighted by Crippen LogP contribution is -2.54. The summed E-state index contributed by atoms with van der Waals surface area (Å²) in [6, 6.07) is 7.40. The van der Waals surface area contributed by atoms with Crippen LogP contribution in [-0.2, 0) is 11.8 Å². The van der Waals surface area contributed by atoms with Gasteiger partial charge in [0.15, 0.2) is 5.13 Å². The van der Waals surface area contributed by atoms with E-state index in [2.05, 4.69) is 15.1 Å². The molecule has 2 amide bonds. The minimum atomic E-state index is -0.482. The number of nitrogens with one attached hydrogen (secondary N) is 1. The molecule has 2 saturated heterocycles. The second-order valence-corrected chi connectivity index (χ2v) is 13.5. The number of anilines is 2. The van der Waals surface area contributed by atoms with Gasteiger partial charge in [0.2, 0.25) is 0 Å². The molecule has 0 unspecified atom stereocenters. The number of carbonyl (C=O) groups is 2. The molecule has 5 rings (SSSR count). The molecule has 232 valence electrons. The third-order valence-electron chi connectivity index (χ3n) is 7.67. The number of fused-ring (bicyclic) bond motifs is 1. The maximum Gasteiger partial charge on any atom is 0.410 e. The largest absolute Gasteiger partial charge is 0.490 e. The van der Waals surface area contributed by atoms with E-state index in [1.807, 2.05) is 51.7 Å². The van der Waals surface area contributed by atoms with Gasteiger partial charge in [-0.05, 0) is 65.7 Å². The predicted octanol–water partition coefficient (Wildman–Crippen LogP) is 4.56. The summed E-state index contributed by atoms with van der Waals surface area (Å²) in [5, 5.41) is 3.67. The minimum absolute atomic E-state index is 0.143. The van der Waals surface area contributed by atoms with Crippen LogP contribution in [0.25, 0.3) is 10.2 Å². The van der Waals surface area contributed by atoms with Gasteiger partial charge in [0, 0.05) is 64.6 Å². The van der Waals surface area contributed by atoms with Crippen molar-refractivity contribution in [3.8, 4) is 5.75 Å². The maximum atomic E-state index is 13.3. The lowest BCUT2D eigenvalue weighted by atomic mass is 10.0. The number of nitrogens with zero attached hydrogens (tertiary/aromatic N) is 5. The zero-order chi connectivity index (χ0) is 30.9. The Morgan fingerprint density at radius 1 is 1.07 bits per heavy atom. The third-order valence-corrected chi connectivity index (χ3v) is 8.75. The number of aromatic nitrogens is 2. The number of ether oxygens (including phenoxy) is 2. The van der Waals surface area contributed by atoms with Gasteiger partial charge in [0.05, 0.1) is 21.9 Å². The minimum Gasteiger partial charge on any atom is -0.490 e. The molecule has 2 fully saturated rings. The number of thiazole rings is 1. The first-order chi connectivity index (χ1) is 20.4. The molecule has 12 heteroatoms. The number of aryl methyl sites for hydroxylation is 1. The van der Waals surface area contributed by atoms with Crippen molar-refractivity contribution in [3.63, 3.8) is 0 Å². The summed E-state index contributed by atoms with van der Waals surface area (Å²) in [7, 11) is 1.64. The van der Waals surface area contributed by atoms with E-state index in [-0.39, 0.29) is 23.4 Å². The molecule has 11 nitrogen and oxygen atoms in total. The zero-order valence-corrected chi connectivity index (χ0v) is 26.7. The number of hydrogen-bond acceptors (Lipinski definition) is 9. The van der Waals surface area contributed by atoms with Gasteiger partial charge < -0.3 is 29.2 Å². The van der Waals surface area contributed by atoms with Gasteiger partial charge in [-0.1, -0.05) is 11.3 Å². The Labute approximate surface area is 256 Å². The highest BCUT2D eigenvalue weighted by Crippen LogP contribution is 2.35. The predicted molar refractivity (Wildman–Crippen MR) is 170 cm³/mol. The van der Waals surface area contributed by atoms with Crippen molar-refractivity contribution in [2.24, 2.45) is 7.05 Å². The van der Waals surface area contributed by atoms with Crippen molar-refractivity contribution in [1.82, 2.24) is 19.4 Å². The second-order valence-electron chi connectivity index (χ2n) is 12.5. The molecule has 2 aliphatic heterocycles. The Kier molecular flexibility index (Phi) is 8.98. The van der Waals surface area contributed by atoms with Crippen molar-refractivity contribution in [3.05, 3.63) is 46.4 Å². The molecule has 2 aromatic heterocycles. The van der Waals surface area contributed by atoms with Crippen LogP contribution in [0.5, 0.6) is 5.75 Å². The number of benzene rings is 1. The molecule has 0 bridgehead atoms. The van der Waals surface area contributed by atoms with E-state index in [9.17, 15) is 14.4 Å². The first-order valence-electron chi connectivity index (χ1n) is 14.9. The second kappa shape index (κ2) is 12.5. The van der Waals surface area contributed by atoms with Crippen LogP contribution in [0.4, 0.5) is 15.6 Å². The van der Waals surface area contributed by atoms with Crippen molar-refractivity contribution in [1.29, 1.82) is 0 Å². The number of carbonyl (C=O) groups excluding carboxylic acids is 2. The van der Waals surface area contributed by atoms with Crippen molar-refractivity contribution in [2.75, 3.05) is 49.5 Å². The highest BCUT2D eigenvalue weighted by atomic mass is 32.1. The molecular weight excluding hydrogens is 568 g/mol. The molecule has 0 atom stereocenters. The van der Waals surface area contributed by atoms with Crippen LogP contribution in [0.15, 0.2) is 35.3 Å². The summed E-state index contributed by atoms with van der Waals surface area (Å²) in [6.45, 7) is 14.5. The van der Waals surface area contributed by atoms with E-state index in [0.29, 0.717) is 30.4 Å². The Balaban J connectivity index is 1.25. The topological polar surface area (TPSA) is 109 Å². The van der Waals surface area contributed by atoms with E-state index in [1.54, 1.807) is 36.7 Å². The molecule has 43 heavy (non-hydrogen) atoms. The monoisotopic (exact) mass is 610 g/mol. The number of piperidine rings is 1. The average molecular weight is 611 g/mol. The molecule has 1 aromatic carbocycles. The van der Waals surface area contributed by atoms with Crippen molar-refractivity contribution >= 4 is 44.4 Å². The van der Waals surface area contributed by atoms with Crippen LogP contribution in [0, 0.1) is 0 Å². The highest BCUT2D eigenvalue weighted by molar-refractivity contribution is 7.22. The molecule has 3 aromatic rings. The average Bonchev–Trinajstić information content (AvgIpc) is 3.37. The smallest absolute Gasteiger partial charge is 0.410 e. The molecule has 2 aliphatic rings. The number of hydrogen-bond donors (Lipinski definition) is 1. The van der Waals surface area contributed by atoms with Gasteiger partial charge in [0.25, 0.3) is 11.5 Å². The first-order valence-corrected chi connectivity index (χ1v) is 15.7. The van der Waals surface area contributed by atoms with E-state index < -0.39 is 11.5 Å². The molecule has 0 saturated carbocycles. The van der Waals surface area contributed by atoms with Gasteiger partial charge >= 0.3 is 6.09 Å². The lowest BCUT2D eigenvalue weighted by molar-refractivity contribution is 0.0140. The maximum absolute atomic E-state index is 13.3. The third kappa shape index (κ3) is 7.30. The fourth-order valence-electron chi connectivity index (χ4n) is 5.51. The van der Waals surface area contributed by atoms with Crippen LogP contribution < -0.4 is 20.5 Å². The number of rotatable bonds is 6. The Morgan fingerprint density at radius 2 is 1.77 bits per heavy atom. The summed E-state index contributed by atoms with van der Waals surface area (Å²) in [5.74, 6) is 0.0364. The standard InChI is InChI=1S/C31H42N6O5S/c1-20(2)41-25-19-24-26(18-22(25)27(38)32-23-8-7-11-34(6)28(23)39)43-29(33-24)36-16-14-35(15-17-36)21-9-12-37(13-10-21)30(40)42-31(3,4)5/h7-8,11,18-21H,9-10,12-17H2,1-6H3,(H,32,38). The fraction of sp³-hybridized carbons (Fsp3) is 0.548. The van der Waals surface area contributed by atoms with E-state index in [0.717, 1.165) is 54.4 Å². The summed E-state index contributed by atoms with van der Waals surface area (Å²) in [5.41, 5.74) is 0.592.